The van der Waals surface area contributed by atoms with Gasteiger partial charge in [0.1, 0.15) is 11.6 Å². The summed E-state index contributed by atoms with van der Waals surface area (Å²) in [6.45, 7) is 1.73. The van der Waals surface area contributed by atoms with Gasteiger partial charge < -0.3 is 10.5 Å². The van der Waals surface area contributed by atoms with Crippen molar-refractivity contribution in [3.63, 3.8) is 0 Å². The molecule has 0 bridgehead atoms. The van der Waals surface area contributed by atoms with Gasteiger partial charge in [-0.3, -0.25) is 20.1 Å². The van der Waals surface area contributed by atoms with Crippen molar-refractivity contribution in [1.82, 2.24) is 0 Å². The van der Waals surface area contributed by atoms with Crippen molar-refractivity contribution in [2.24, 2.45) is 5.73 Å². The first kappa shape index (κ1) is 30.6. The number of nitro groups is 1. The Morgan fingerprint density at radius 3 is 2.07 bits per heavy atom. The summed E-state index contributed by atoms with van der Waals surface area (Å²) < 4.78 is 57.0. The Morgan fingerprint density at radius 2 is 1.51 bits per heavy atom. The van der Waals surface area contributed by atoms with Gasteiger partial charge >= 0.3 is 24.0 Å². The molecule has 0 saturated carbocycles. The molecule has 0 aromatic heterocycles. The summed E-state index contributed by atoms with van der Waals surface area (Å²) in [5, 5.41) is 19.8. The second-order valence-electron chi connectivity index (χ2n) is 8.44. The Labute approximate surface area is 234 Å². The minimum absolute atomic E-state index is 0.0104. The predicted molar refractivity (Wildman–Crippen MR) is 153 cm³/mol. The average molecular weight is 598 g/mol. The molecule has 0 radical (unpaired) electrons. The van der Waals surface area contributed by atoms with Gasteiger partial charge in [0, 0.05) is 23.8 Å². The van der Waals surface area contributed by atoms with E-state index in [1.165, 1.54) is 36.4 Å². The fourth-order valence-corrected chi connectivity index (χ4v) is 5.08. The molecule has 4 rings (SSSR count). The largest absolute Gasteiger partial charge is 0.423 e. The molecule has 12 nitrogen and oxygen atoms in total. The number of aryl methyl sites for hydroxylation is 1. The van der Waals surface area contributed by atoms with E-state index in [1.54, 1.807) is 55.5 Å². The number of nitrogens with zero attached hydrogens (tertiary/aromatic N) is 1. The molecule has 0 fully saturated rings. The first-order valence-electron chi connectivity index (χ1n) is 11.5. The SMILES string of the molecule is Cc1ccc(S(=O)(=O)S(=O)(=O)O)cc1.N=C(N)c1ccc2cc(OC(=O)C=Cc3ccc([N+](=O)[O-])cc3)ccc2c1. The monoisotopic (exact) mass is 597 g/mol. The van der Waals surface area contributed by atoms with Gasteiger partial charge in [-0.05, 0) is 71.8 Å². The summed E-state index contributed by atoms with van der Waals surface area (Å²) in [4.78, 5) is 21.7. The second-order valence-corrected chi connectivity index (χ2v) is 13.3. The highest BCUT2D eigenvalue weighted by molar-refractivity contribution is 8.64. The molecule has 0 saturated heterocycles. The summed E-state index contributed by atoms with van der Waals surface area (Å²) in [5.41, 5.74) is 7.52. The lowest BCUT2D eigenvalue weighted by Gasteiger charge is -2.05. The zero-order chi connectivity index (χ0) is 30.4. The highest BCUT2D eigenvalue weighted by Crippen LogP contribution is 2.22. The van der Waals surface area contributed by atoms with Crippen molar-refractivity contribution in [2.75, 3.05) is 0 Å². The van der Waals surface area contributed by atoms with Crippen LogP contribution >= 0.6 is 0 Å². The number of non-ortho nitro benzene ring substituents is 1. The van der Waals surface area contributed by atoms with Gasteiger partial charge in [-0.2, -0.15) is 8.42 Å². The van der Waals surface area contributed by atoms with Gasteiger partial charge in [0.25, 0.3) is 5.69 Å². The van der Waals surface area contributed by atoms with E-state index in [-0.39, 0.29) is 11.5 Å². The Balaban J connectivity index is 0.000000278. The molecular weight excluding hydrogens is 574 g/mol. The van der Waals surface area contributed by atoms with Crippen molar-refractivity contribution in [2.45, 2.75) is 11.8 Å². The van der Waals surface area contributed by atoms with E-state index in [2.05, 4.69) is 0 Å². The lowest BCUT2D eigenvalue weighted by Crippen LogP contribution is -2.14. The third-order valence-electron chi connectivity index (χ3n) is 5.44. The van der Waals surface area contributed by atoms with Crippen LogP contribution in [0.1, 0.15) is 16.7 Å². The van der Waals surface area contributed by atoms with Crippen LogP contribution in [0.2, 0.25) is 0 Å². The molecule has 0 aliphatic rings. The summed E-state index contributed by atoms with van der Waals surface area (Å²) in [6, 6.07) is 21.4. The van der Waals surface area contributed by atoms with Gasteiger partial charge in [0.15, 0.2) is 0 Å². The number of nitrogens with one attached hydrogen (secondary N) is 1. The Morgan fingerprint density at radius 1 is 0.927 bits per heavy atom. The molecular formula is C27H23N3O9S2. The molecule has 4 aromatic rings. The molecule has 4 N–H and O–H groups in total. The highest BCUT2D eigenvalue weighted by atomic mass is 33.2. The number of nitrogen functional groups attached to an aromatic ring is 1. The smallest absolute Gasteiger partial charge is 0.377 e. The minimum atomic E-state index is -5.10. The number of amidine groups is 1. The predicted octanol–water partition coefficient (Wildman–Crippen LogP) is 4.22. The maximum Gasteiger partial charge on any atom is 0.377 e. The van der Waals surface area contributed by atoms with E-state index < -0.39 is 33.8 Å². The zero-order valence-electron chi connectivity index (χ0n) is 21.3. The number of ether oxygens (including phenoxy) is 1. The quantitative estimate of drug-likeness (QED) is 0.0318. The van der Waals surface area contributed by atoms with Crippen LogP contribution in [-0.2, 0) is 22.8 Å². The summed E-state index contributed by atoms with van der Waals surface area (Å²) in [5.74, 6) is -0.187. The van der Waals surface area contributed by atoms with Crippen molar-refractivity contribution in [3.8, 4) is 5.75 Å². The summed E-state index contributed by atoms with van der Waals surface area (Å²) in [7, 11) is -9.76. The Bertz CT molecular complexity index is 1870. The Kier molecular flexibility index (Phi) is 9.34. The fourth-order valence-electron chi connectivity index (χ4n) is 3.30. The first-order valence-corrected chi connectivity index (χ1v) is 14.9. The van der Waals surface area contributed by atoms with E-state index >= 15 is 0 Å². The van der Waals surface area contributed by atoms with Gasteiger partial charge in [0.05, 0.1) is 9.82 Å². The zero-order valence-corrected chi connectivity index (χ0v) is 22.9. The van der Waals surface area contributed by atoms with Crippen LogP contribution in [0.4, 0.5) is 5.69 Å². The molecule has 0 aliphatic heterocycles. The third-order valence-corrected chi connectivity index (χ3v) is 9.09. The number of esters is 1. The molecule has 14 heteroatoms. The van der Waals surface area contributed by atoms with Crippen LogP contribution in [0.25, 0.3) is 16.8 Å². The topological polar surface area (TPSA) is 208 Å². The van der Waals surface area contributed by atoms with Crippen LogP contribution < -0.4 is 10.5 Å². The second kappa shape index (κ2) is 12.5. The molecule has 0 spiro atoms. The van der Waals surface area contributed by atoms with E-state index in [0.717, 1.165) is 28.5 Å². The van der Waals surface area contributed by atoms with Crippen LogP contribution in [0.3, 0.4) is 0 Å². The van der Waals surface area contributed by atoms with E-state index in [4.69, 9.17) is 20.4 Å². The maximum absolute atomic E-state index is 12.0. The van der Waals surface area contributed by atoms with Crippen molar-refractivity contribution >= 4 is 52.4 Å². The maximum atomic E-state index is 12.0. The number of carbonyl (C=O) groups excluding carboxylic acids is 1. The lowest BCUT2D eigenvalue weighted by atomic mass is 10.1. The molecule has 41 heavy (non-hydrogen) atoms. The highest BCUT2D eigenvalue weighted by Gasteiger charge is 2.29. The number of rotatable bonds is 7. The van der Waals surface area contributed by atoms with Gasteiger partial charge in [-0.25, -0.2) is 13.2 Å². The number of fused-ring (bicyclic) bond motifs is 1. The van der Waals surface area contributed by atoms with Crippen LogP contribution in [0, 0.1) is 22.4 Å². The summed E-state index contributed by atoms with van der Waals surface area (Å²) in [6.07, 6.45) is 2.77. The standard InChI is InChI=1S/C20H15N3O4.C7H8O5S2/c21-20(22)16-5-4-15-12-18(9-6-14(15)11-16)27-19(24)10-3-13-1-7-17(8-2-13)23(25)26;1-6-2-4-7(5-3-6)13(8,9)14(10,11)12/h1-12H,(H3,21,22);2-5H,1H3,(H,10,11,12). The van der Waals surface area contributed by atoms with E-state index in [9.17, 15) is 31.7 Å². The number of carbonyl (C=O) groups is 1. The normalized spacial score (nSPS) is 11.5. The van der Waals surface area contributed by atoms with E-state index in [0.29, 0.717) is 16.9 Å². The third kappa shape index (κ3) is 8.04. The van der Waals surface area contributed by atoms with E-state index in [1.807, 2.05) is 0 Å². The fraction of sp³-hybridized carbons (Fsp3) is 0.0370. The molecule has 0 heterocycles. The van der Waals surface area contributed by atoms with Gasteiger partial charge in [0.2, 0.25) is 0 Å². The minimum Gasteiger partial charge on any atom is -0.423 e. The average Bonchev–Trinajstić information content (AvgIpc) is 2.91. The van der Waals surface area contributed by atoms with Gasteiger partial charge in [-0.15, -0.1) is 0 Å². The molecule has 0 unspecified atom stereocenters. The van der Waals surface area contributed by atoms with Gasteiger partial charge in [-0.1, -0.05) is 35.9 Å². The number of nitro benzene ring substituents is 1. The molecule has 212 valence electrons. The number of hydrogen-bond acceptors (Lipinski definition) is 9. The number of benzene rings is 4. The lowest BCUT2D eigenvalue weighted by molar-refractivity contribution is -0.384. The van der Waals surface area contributed by atoms with Crippen molar-refractivity contribution < 1.29 is 35.8 Å². The van der Waals surface area contributed by atoms with Crippen molar-refractivity contribution in [3.05, 3.63) is 118 Å². The molecule has 0 amide bonds. The first-order chi connectivity index (χ1) is 19.2. The number of hydrogen-bond donors (Lipinski definition) is 3. The van der Waals surface area contributed by atoms with Crippen LogP contribution in [-0.4, -0.2) is 38.1 Å². The molecule has 0 aliphatic carbocycles. The van der Waals surface area contributed by atoms with Crippen LogP contribution in [0.15, 0.2) is 95.9 Å². The van der Waals surface area contributed by atoms with Crippen LogP contribution in [0.5, 0.6) is 5.75 Å². The Hall–Kier alpha value is -4.92. The molecule has 4 aromatic carbocycles. The summed E-state index contributed by atoms with van der Waals surface area (Å²) >= 11 is 0. The number of nitrogens with two attached hydrogens (primary N) is 1. The molecule has 0 atom stereocenters. The van der Waals surface area contributed by atoms with Crippen molar-refractivity contribution in [1.29, 1.82) is 5.41 Å².